The molecule has 11 atom stereocenters. The summed E-state index contributed by atoms with van der Waals surface area (Å²) in [4.78, 5) is 69.4. The van der Waals surface area contributed by atoms with Crippen LogP contribution in [0.2, 0.25) is 0 Å². The predicted molar refractivity (Wildman–Crippen MR) is 220 cm³/mol. The zero-order valence-electron chi connectivity index (χ0n) is 35.5. The number of aliphatic hydroxyl groups is 4. The van der Waals surface area contributed by atoms with Gasteiger partial charge >= 0.3 is 17.9 Å². The van der Waals surface area contributed by atoms with E-state index >= 15 is 0 Å². The molecule has 5 N–H and O–H groups in total. The minimum absolute atomic E-state index is 0.00208. The number of ether oxygens (including phenoxy) is 4. The molecule has 0 radical (unpaired) electrons. The van der Waals surface area contributed by atoms with E-state index in [1.807, 2.05) is 11.8 Å². The van der Waals surface area contributed by atoms with Gasteiger partial charge in [0.1, 0.15) is 30.0 Å². The second-order valence-corrected chi connectivity index (χ2v) is 19.4. The number of carbonyl (C=O) groups is 5. The lowest BCUT2D eigenvalue weighted by atomic mass is 9.44. The molecule has 3 aliphatic carbocycles. The summed E-state index contributed by atoms with van der Waals surface area (Å²) >= 11 is 1.85. The molecule has 0 aromatic heterocycles. The molecule has 2 aliphatic heterocycles. The van der Waals surface area contributed by atoms with Crippen LogP contribution in [0.15, 0.2) is 41.5 Å². The number of hydrogen-bond acceptors (Lipinski definition) is 14. The summed E-state index contributed by atoms with van der Waals surface area (Å²) < 4.78 is 24.4. The summed E-state index contributed by atoms with van der Waals surface area (Å²) in [5.41, 5.74) is -6.78. The average molecular weight is 858 g/mol. The van der Waals surface area contributed by atoms with E-state index in [1.165, 1.54) is 13.8 Å². The summed E-state index contributed by atoms with van der Waals surface area (Å²) in [7, 11) is 0. The third kappa shape index (κ3) is 8.55. The van der Waals surface area contributed by atoms with Crippen LogP contribution in [0, 0.1) is 16.7 Å². The maximum atomic E-state index is 15.0. The molecule has 2 heterocycles. The molecule has 0 unspecified atom stereocenters. The number of fused-ring (bicyclic) bond motifs is 6. The number of nitrogens with one attached hydrogen (secondary N) is 1. The Labute approximate surface area is 356 Å². The standard InChI is InChI=1S/C45H63NO13S/c1-26-29-24-45(55)40(38-43(5,39(53)36(51)34(26)42(45,3)4)30(48)23-31-44(38,25-56-31)59-27(2)47)58-33(50)20-14-10-16-22-60-21-15-8-6-7-13-19-32(49)46-35(37(52)41(54)57-29)28-17-11-9-12-18-28/h9,11-12,17-18,29-31,35-38,40,48,51-52,55H,6-8,10,13-16,19-25H2,1-5H3,(H,46,49)/t29-,30-,31+,35+,36+,37-,38-,40-,43+,44-,45+/m0/s1. The fraction of sp³-hybridized carbons (Fsp3) is 0.711. The van der Waals surface area contributed by atoms with Gasteiger partial charge in [-0.3, -0.25) is 19.2 Å². The Hall–Kier alpha value is -3.34. The first-order valence-electron chi connectivity index (χ1n) is 21.6. The normalized spacial score (nSPS) is 38.8. The fourth-order valence-corrected chi connectivity index (χ4v) is 11.6. The van der Waals surface area contributed by atoms with Gasteiger partial charge in [-0.15, -0.1) is 0 Å². The van der Waals surface area contributed by atoms with Crippen molar-refractivity contribution in [3.63, 3.8) is 0 Å². The summed E-state index contributed by atoms with van der Waals surface area (Å²) in [6.45, 7) is 7.14. The third-order valence-electron chi connectivity index (χ3n) is 14.1. The minimum atomic E-state index is -2.26. The maximum absolute atomic E-state index is 15.0. The lowest BCUT2D eigenvalue weighted by molar-refractivity contribution is -0.347. The van der Waals surface area contributed by atoms with Gasteiger partial charge in [-0.2, -0.15) is 11.8 Å². The topological polar surface area (TPSA) is 215 Å². The van der Waals surface area contributed by atoms with E-state index in [2.05, 4.69) is 5.32 Å². The number of rotatable bonds is 2. The van der Waals surface area contributed by atoms with Gasteiger partial charge in [-0.1, -0.05) is 69.9 Å². The molecule has 0 spiro atoms. The van der Waals surface area contributed by atoms with Gasteiger partial charge in [0.25, 0.3) is 0 Å². The summed E-state index contributed by atoms with van der Waals surface area (Å²) in [6, 6.07) is 7.31. The van der Waals surface area contributed by atoms with Crippen molar-refractivity contribution in [3.05, 3.63) is 47.0 Å². The van der Waals surface area contributed by atoms with E-state index in [0.29, 0.717) is 18.4 Å². The fourth-order valence-electron chi connectivity index (χ4n) is 10.6. The van der Waals surface area contributed by atoms with Crippen LogP contribution in [0.4, 0.5) is 0 Å². The van der Waals surface area contributed by atoms with E-state index in [-0.39, 0.29) is 42.9 Å². The predicted octanol–water partition coefficient (Wildman–Crippen LogP) is 4.19. The van der Waals surface area contributed by atoms with E-state index in [0.717, 1.165) is 50.0 Å². The second kappa shape index (κ2) is 18.6. The van der Waals surface area contributed by atoms with Crippen LogP contribution in [0.1, 0.15) is 123 Å². The van der Waals surface area contributed by atoms with Gasteiger partial charge in [-0.25, -0.2) is 4.79 Å². The lowest BCUT2D eigenvalue weighted by Gasteiger charge is -2.67. The van der Waals surface area contributed by atoms with Crippen LogP contribution in [-0.2, 0) is 42.9 Å². The Morgan fingerprint density at radius 1 is 0.883 bits per heavy atom. The number of amides is 1. The summed E-state index contributed by atoms with van der Waals surface area (Å²) in [6.07, 6.45) is -3.19. The van der Waals surface area contributed by atoms with Crippen molar-refractivity contribution in [1.29, 1.82) is 0 Å². The van der Waals surface area contributed by atoms with E-state index < -0.39 is 101 Å². The van der Waals surface area contributed by atoms with Crippen molar-refractivity contribution in [1.82, 2.24) is 5.32 Å². The Morgan fingerprint density at radius 2 is 1.52 bits per heavy atom. The highest BCUT2D eigenvalue weighted by atomic mass is 32.2. The van der Waals surface area contributed by atoms with Crippen molar-refractivity contribution in [2.45, 2.75) is 166 Å². The van der Waals surface area contributed by atoms with Gasteiger partial charge in [-0.05, 0) is 67.7 Å². The van der Waals surface area contributed by atoms with Crippen LogP contribution >= 0.6 is 11.8 Å². The van der Waals surface area contributed by atoms with Crippen LogP contribution < -0.4 is 5.32 Å². The molecule has 1 amide bonds. The van der Waals surface area contributed by atoms with Crippen LogP contribution in [0.25, 0.3) is 0 Å². The van der Waals surface area contributed by atoms with E-state index in [9.17, 15) is 44.4 Å². The molecule has 2 saturated carbocycles. The Balaban J connectivity index is 1.46. The Morgan fingerprint density at radius 3 is 2.17 bits per heavy atom. The number of ketones is 1. The first kappa shape index (κ1) is 46.2. The number of thioether (sulfide) groups is 1. The minimum Gasteiger partial charge on any atom is -0.459 e. The molecular weight excluding hydrogens is 795 g/mol. The third-order valence-corrected chi connectivity index (χ3v) is 15.2. The maximum Gasteiger partial charge on any atom is 0.338 e. The molecule has 1 aromatic carbocycles. The molecular formula is C45H63NO13S. The Kier molecular flexibility index (Phi) is 14.3. The Bertz CT molecular complexity index is 1800. The van der Waals surface area contributed by atoms with Crippen molar-refractivity contribution in [2.75, 3.05) is 18.1 Å². The molecule has 6 rings (SSSR count). The largest absolute Gasteiger partial charge is 0.459 e. The van der Waals surface area contributed by atoms with E-state index in [1.54, 1.807) is 51.1 Å². The molecule has 3 bridgehead atoms. The molecule has 332 valence electrons. The molecule has 1 aromatic rings. The SMILES string of the molecule is CC(=O)O[C@@]12CO[C@@H]1C[C@H](O)[C@@]1(C)C(=O)[C@H](O)C3=C(C)[C@@H]4C[C@@](O)([C@@H](OC(=O)CCCCCSCCCCCCCC(=O)N[C@H](c5ccccc5)[C@H](O)C(=O)O4)[C@H]21)C3(C)C. The summed E-state index contributed by atoms with van der Waals surface area (Å²) in [5, 5.41) is 52.1. The van der Waals surface area contributed by atoms with Crippen LogP contribution in [0.3, 0.4) is 0 Å². The van der Waals surface area contributed by atoms with Gasteiger partial charge in [0, 0.05) is 38.0 Å². The molecule has 4 fully saturated rings. The molecule has 60 heavy (non-hydrogen) atoms. The van der Waals surface area contributed by atoms with Crippen LogP contribution in [-0.4, -0.2) is 116 Å². The van der Waals surface area contributed by atoms with Crippen molar-refractivity contribution >= 4 is 41.4 Å². The molecule has 2 saturated heterocycles. The van der Waals surface area contributed by atoms with Crippen molar-refractivity contribution in [2.24, 2.45) is 16.7 Å². The number of benzene rings is 1. The van der Waals surface area contributed by atoms with Gasteiger partial charge in [0.2, 0.25) is 5.91 Å². The average Bonchev–Trinajstić information content (AvgIpc) is 3.19. The van der Waals surface area contributed by atoms with E-state index in [4.69, 9.17) is 18.9 Å². The van der Waals surface area contributed by atoms with Gasteiger partial charge < -0.3 is 44.7 Å². The number of carbonyl (C=O) groups excluding carboxylic acids is 5. The zero-order valence-corrected chi connectivity index (χ0v) is 36.3. The highest BCUT2D eigenvalue weighted by Crippen LogP contribution is 2.64. The molecule has 15 heteroatoms. The van der Waals surface area contributed by atoms with Gasteiger partial charge in [0.05, 0.1) is 30.1 Å². The molecule has 14 nitrogen and oxygen atoms in total. The number of aliphatic hydroxyl groups excluding tert-OH is 3. The quantitative estimate of drug-likeness (QED) is 0.160. The summed E-state index contributed by atoms with van der Waals surface area (Å²) in [5.74, 6) is -3.30. The van der Waals surface area contributed by atoms with Crippen molar-refractivity contribution in [3.8, 4) is 0 Å². The first-order chi connectivity index (χ1) is 28.4. The first-order valence-corrected chi connectivity index (χ1v) is 22.7. The lowest BCUT2D eigenvalue weighted by Crippen LogP contribution is -2.81. The monoisotopic (exact) mass is 857 g/mol. The van der Waals surface area contributed by atoms with Crippen molar-refractivity contribution < 1.29 is 63.3 Å². The van der Waals surface area contributed by atoms with Gasteiger partial charge in [0.15, 0.2) is 17.5 Å². The zero-order chi connectivity index (χ0) is 43.6. The second-order valence-electron chi connectivity index (χ2n) is 18.2. The number of esters is 3. The van der Waals surface area contributed by atoms with Crippen LogP contribution in [0.5, 0.6) is 0 Å². The highest BCUT2D eigenvalue weighted by Gasteiger charge is 2.78. The molecule has 5 aliphatic rings. The number of hydrogen-bond donors (Lipinski definition) is 5. The number of Topliss-reactive ketones (excluding diaryl/α,β-unsaturated/α-hetero) is 1. The highest BCUT2D eigenvalue weighted by molar-refractivity contribution is 7.99. The smallest absolute Gasteiger partial charge is 0.338 e.